The number of carboxylic acid groups (broad SMARTS) is 1. The van der Waals surface area contributed by atoms with Gasteiger partial charge in [-0.1, -0.05) is 25.1 Å². The van der Waals surface area contributed by atoms with E-state index in [4.69, 9.17) is 10.2 Å². The zero-order valence-corrected chi connectivity index (χ0v) is 9.40. The minimum absolute atomic E-state index is 0.269. The van der Waals surface area contributed by atoms with Gasteiger partial charge in [-0.3, -0.25) is 0 Å². The molecule has 1 aromatic rings. The quantitative estimate of drug-likeness (QED) is 0.707. The summed E-state index contributed by atoms with van der Waals surface area (Å²) in [5.41, 5.74) is -0.267. The van der Waals surface area contributed by atoms with Crippen LogP contribution in [-0.2, 0) is 16.8 Å². The number of carbonyl (C=O) groups is 1. The first kappa shape index (κ1) is 12.7. The van der Waals surface area contributed by atoms with E-state index in [9.17, 15) is 9.90 Å². The van der Waals surface area contributed by atoms with Crippen molar-refractivity contribution in [2.75, 3.05) is 6.61 Å². The van der Waals surface area contributed by atoms with Crippen molar-refractivity contribution in [1.29, 1.82) is 0 Å². The molecule has 0 radical (unpaired) electrons. The molecule has 4 heteroatoms. The van der Waals surface area contributed by atoms with E-state index in [2.05, 4.69) is 0 Å². The lowest BCUT2D eigenvalue weighted by Gasteiger charge is -2.24. The molecule has 1 unspecified atom stereocenters. The van der Waals surface area contributed by atoms with Gasteiger partial charge in [-0.05, 0) is 24.5 Å². The molecule has 0 aliphatic carbocycles. The number of hydrogen-bond donors (Lipinski definition) is 3. The van der Waals surface area contributed by atoms with Gasteiger partial charge >= 0.3 is 5.97 Å². The van der Waals surface area contributed by atoms with Crippen LogP contribution in [0.2, 0.25) is 0 Å². The second kappa shape index (κ2) is 4.63. The van der Waals surface area contributed by atoms with Crippen LogP contribution in [0.3, 0.4) is 0 Å². The topological polar surface area (TPSA) is 77.8 Å². The Labute approximate surface area is 94.2 Å². The summed E-state index contributed by atoms with van der Waals surface area (Å²) < 4.78 is 0. The van der Waals surface area contributed by atoms with Crippen molar-refractivity contribution in [2.24, 2.45) is 0 Å². The fourth-order valence-electron chi connectivity index (χ4n) is 1.83. The zero-order chi connectivity index (χ0) is 12.3. The molecule has 88 valence electrons. The van der Waals surface area contributed by atoms with E-state index in [1.165, 1.54) is 6.07 Å². The molecule has 1 aromatic carbocycles. The van der Waals surface area contributed by atoms with Gasteiger partial charge in [0.2, 0.25) is 5.60 Å². The number of aliphatic carboxylic acids is 1. The van der Waals surface area contributed by atoms with Crippen LogP contribution in [-0.4, -0.2) is 27.9 Å². The molecule has 16 heavy (non-hydrogen) atoms. The standard InChI is InChI=1S/C12H16O4/c1-3-9-8(2)5-4-6-10(9)12(16,7-13)11(14)15/h4-6,13,16H,3,7H2,1-2H3,(H,14,15). The van der Waals surface area contributed by atoms with Crippen molar-refractivity contribution in [3.8, 4) is 0 Å². The smallest absolute Gasteiger partial charge is 0.342 e. The van der Waals surface area contributed by atoms with E-state index >= 15 is 0 Å². The molecular weight excluding hydrogens is 208 g/mol. The van der Waals surface area contributed by atoms with Gasteiger partial charge in [0.15, 0.2) is 0 Å². The molecule has 1 rings (SSSR count). The molecule has 0 amide bonds. The van der Waals surface area contributed by atoms with Gasteiger partial charge in [0.1, 0.15) is 0 Å². The largest absolute Gasteiger partial charge is 0.479 e. The first-order valence-corrected chi connectivity index (χ1v) is 5.13. The zero-order valence-electron chi connectivity index (χ0n) is 9.40. The lowest BCUT2D eigenvalue weighted by Crippen LogP contribution is -2.40. The van der Waals surface area contributed by atoms with Crippen LogP contribution < -0.4 is 0 Å². The average Bonchev–Trinajstić information content (AvgIpc) is 2.27. The number of hydrogen-bond acceptors (Lipinski definition) is 3. The number of aliphatic hydroxyl groups is 2. The van der Waals surface area contributed by atoms with Crippen LogP contribution in [0.5, 0.6) is 0 Å². The molecule has 1 atom stereocenters. The van der Waals surface area contributed by atoms with E-state index in [-0.39, 0.29) is 5.56 Å². The maximum atomic E-state index is 11.0. The van der Waals surface area contributed by atoms with Gasteiger partial charge in [0, 0.05) is 5.56 Å². The third-order valence-corrected chi connectivity index (χ3v) is 2.79. The maximum absolute atomic E-state index is 11.0. The minimum atomic E-state index is -2.21. The van der Waals surface area contributed by atoms with Crippen LogP contribution in [0.4, 0.5) is 0 Å². The number of aliphatic hydroxyl groups excluding tert-OH is 1. The molecule has 0 aliphatic rings. The molecule has 0 aliphatic heterocycles. The SMILES string of the molecule is CCc1c(C)cccc1C(O)(CO)C(=O)O. The van der Waals surface area contributed by atoms with Crippen LogP contribution in [0.15, 0.2) is 18.2 Å². The number of rotatable bonds is 4. The Morgan fingerprint density at radius 3 is 2.50 bits per heavy atom. The highest BCUT2D eigenvalue weighted by molar-refractivity contribution is 5.80. The van der Waals surface area contributed by atoms with Crippen molar-refractivity contribution in [3.63, 3.8) is 0 Å². The first-order chi connectivity index (χ1) is 7.47. The van der Waals surface area contributed by atoms with Crippen molar-refractivity contribution in [2.45, 2.75) is 25.9 Å². The lowest BCUT2D eigenvalue weighted by atomic mass is 9.87. The summed E-state index contributed by atoms with van der Waals surface area (Å²) in [7, 11) is 0. The van der Waals surface area contributed by atoms with Crippen LogP contribution in [0, 0.1) is 6.92 Å². The fraction of sp³-hybridized carbons (Fsp3) is 0.417. The minimum Gasteiger partial charge on any atom is -0.479 e. The molecule has 0 saturated carbocycles. The Morgan fingerprint density at radius 1 is 1.44 bits per heavy atom. The Bertz CT molecular complexity index is 400. The van der Waals surface area contributed by atoms with Crippen LogP contribution in [0.1, 0.15) is 23.6 Å². The molecule has 0 fully saturated rings. The summed E-state index contributed by atoms with van der Waals surface area (Å²) in [4.78, 5) is 11.0. The van der Waals surface area contributed by atoms with Gasteiger partial charge in [0.05, 0.1) is 6.61 Å². The lowest BCUT2D eigenvalue weighted by molar-refractivity contribution is -0.164. The molecule has 0 spiro atoms. The van der Waals surface area contributed by atoms with Crippen LogP contribution in [0.25, 0.3) is 0 Å². The normalized spacial score (nSPS) is 14.5. The van der Waals surface area contributed by atoms with Gasteiger partial charge in [0.25, 0.3) is 0 Å². The predicted molar refractivity (Wildman–Crippen MR) is 59.2 cm³/mol. The van der Waals surface area contributed by atoms with E-state index < -0.39 is 18.2 Å². The molecule has 0 saturated heterocycles. The van der Waals surface area contributed by atoms with Crippen LogP contribution >= 0.6 is 0 Å². The summed E-state index contributed by atoms with van der Waals surface area (Å²) in [5, 5.41) is 28.0. The van der Waals surface area contributed by atoms with E-state index in [0.717, 1.165) is 11.1 Å². The highest BCUT2D eigenvalue weighted by Gasteiger charge is 2.39. The van der Waals surface area contributed by atoms with Crippen molar-refractivity contribution in [1.82, 2.24) is 0 Å². The Hall–Kier alpha value is -1.39. The average molecular weight is 224 g/mol. The van der Waals surface area contributed by atoms with Gasteiger partial charge < -0.3 is 15.3 Å². The molecule has 0 heterocycles. The highest BCUT2D eigenvalue weighted by Crippen LogP contribution is 2.27. The Morgan fingerprint density at radius 2 is 2.06 bits per heavy atom. The summed E-state index contributed by atoms with van der Waals surface area (Å²) in [6.45, 7) is 2.90. The molecular formula is C12H16O4. The summed E-state index contributed by atoms with van der Waals surface area (Å²) in [6.07, 6.45) is 0.609. The molecule has 4 nitrogen and oxygen atoms in total. The highest BCUT2D eigenvalue weighted by atomic mass is 16.4. The predicted octanol–water partition coefficient (Wildman–Crippen LogP) is 0.822. The second-order valence-corrected chi connectivity index (χ2v) is 3.78. The Balaban J connectivity index is 3.41. The third kappa shape index (κ3) is 1.94. The second-order valence-electron chi connectivity index (χ2n) is 3.78. The summed E-state index contributed by atoms with van der Waals surface area (Å²) >= 11 is 0. The molecule has 0 bridgehead atoms. The summed E-state index contributed by atoms with van der Waals surface area (Å²) in [5.74, 6) is -1.43. The van der Waals surface area contributed by atoms with E-state index in [1.807, 2.05) is 19.9 Å². The number of carboxylic acids is 1. The van der Waals surface area contributed by atoms with E-state index in [1.54, 1.807) is 6.07 Å². The van der Waals surface area contributed by atoms with Crippen molar-refractivity contribution in [3.05, 3.63) is 34.9 Å². The molecule has 0 aromatic heterocycles. The number of benzene rings is 1. The number of aryl methyl sites for hydroxylation is 1. The summed E-state index contributed by atoms with van der Waals surface area (Å²) in [6, 6.07) is 5.06. The first-order valence-electron chi connectivity index (χ1n) is 5.13. The monoisotopic (exact) mass is 224 g/mol. The fourth-order valence-corrected chi connectivity index (χ4v) is 1.83. The van der Waals surface area contributed by atoms with E-state index in [0.29, 0.717) is 6.42 Å². The van der Waals surface area contributed by atoms with Crippen molar-refractivity contribution >= 4 is 5.97 Å². The van der Waals surface area contributed by atoms with Gasteiger partial charge in [-0.15, -0.1) is 0 Å². The van der Waals surface area contributed by atoms with Gasteiger partial charge in [-0.2, -0.15) is 0 Å². The van der Waals surface area contributed by atoms with Gasteiger partial charge in [-0.25, -0.2) is 4.79 Å². The molecule has 3 N–H and O–H groups in total. The third-order valence-electron chi connectivity index (χ3n) is 2.79. The Kier molecular flexibility index (Phi) is 3.67. The maximum Gasteiger partial charge on any atom is 0.342 e. The van der Waals surface area contributed by atoms with Crippen molar-refractivity contribution < 1.29 is 20.1 Å².